The number of nitrogens with one attached hydrogen (secondary N) is 1. The second-order valence-corrected chi connectivity index (χ2v) is 7.06. The van der Waals surface area contributed by atoms with Crippen LogP contribution in [0.25, 0.3) is 0 Å². The first-order valence-electron chi connectivity index (χ1n) is 8.36. The van der Waals surface area contributed by atoms with E-state index in [1.165, 1.54) is 12.1 Å². The van der Waals surface area contributed by atoms with Gasteiger partial charge in [-0.15, -0.1) is 0 Å². The van der Waals surface area contributed by atoms with E-state index >= 15 is 0 Å². The van der Waals surface area contributed by atoms with Crippen LogP contribution in [-0.4, -0.2) is 54.5 Å². The number of aliphatic hydroxyl groups is 1. The number of hydrogen-bond acceptors (Lipinski definition) is 3. The molecule has 1 aromatic carbocycles. The number of carbonyl (C=O) groups is 1. The zero-order valence-corrected chi connectivity index (χ0v) is 14.6. The van der Waals surface area contributed by atoms with Crippen molar-refractivity contribution in [3.63, 3.8) is 0 Å². The minimum absolute atomic E-state index is 0.129. The van der Waals surface area contributed by atoms with Gasteiger partial charge in [0, 0.05) is 18.5 Å². The van der Waals surface area contributed by atoms with Crippen LogP contribution in [0.4, 0.5) is 9.18 Å². The van der Waals surface area contributed by atoms with E-state index in [1.807, 2.05) is 19.9 Å². The summed E-state index contributed by atoms with van der Waals surface area (Å²) in [4.78, 5) is 14.3. The fraction of sp³-hybridized carbons (Fsp3) is 0.611. The molecule has 0 radical (unpaired) electrons. The lowest BCUT2D eigenvalue weighted by molar-refractivity contribution is -0.00448. The largest absolute Gasteiger partial charge is 0.393 e. The maximum Gasteiger partial charge on any atom is 0.317 e. The van der Waals surface area contributed by atoms with Crippen molar-refractivity contribution in [2.45, 2.75) is 44.8 Å². The molecule has 0 aliphatic carbocycles. The van der Waals surface area contributed by atoms with Crippen LogP contribution in [0, 0.1) is 5.82 Å². The number of carbonyl (C=O) groups excluding carboxylic acids is 1. The van der Waals surface area contributed by atoms with Crippen LogP contribution in [0.5, 0.6) is 0 Å². The van der Waals surface area contributed by atoms with Gasteiger partial charge in [-0.25, -0.2) is 9.18 Å². The van der Waals surface area contributed by atoms with Crippen LogP contribution in [0.1, 0.15) is 32.8 Å². The number of rotatable bonds is 5. The van der Waals surface area contributed by atoms with Gasteiger partial charge in [0.05, 0.1) is 25.4 Å². The lowest BCUT2D eigenvalue weighted by atomic mass is 9.84. The first-order chi connectivity index (χ1) is 11.3. The smallest absolute Gasteiger partial charge is 0.317 e. The van der Waals surface area contributed by atoms with Gasteiger partial charge in [-0.2, -0.15) is 0 Å². The van der Waals surface area contributed by atoms with Crippen molar-refractivity contribution in [3.8, 4) is 0 Å². The van der Waals surface area contributed by atoms with Crippen molar-refractivity contribution < 1.29 is 19.0 Å². The van der Waals surface area contributed by atoms with E-state index in [2.05, 4.69) is 5.32 Å². The highest BCUT2D eigenvalue weighted by Gasteiger charge is 2.30. The van der Waals surface area contributed by atoms with Crippen molar-refractivity contribution in [2.24, 2.45) is 0 Å². The van der Waals surface area contributed by atoms with Crippen LogP contribution in [0.2, 0.25) is 0 Å². The summed E-state index contributed by atoms with van der Waals surface area (Å²) in [6.07, 6.45) is -0.00325. The normalized spacial score (nSPS) is 19.9. The molecule has 0 saturated carbocycles. The summed E-state index contributed by atoms with van der Waals surface area (Å²) in [5.74, 6) is -0.280. The average Bonchev–Trinajstić information content (AvgIpc) is 2.53. The van der Waals surface area contributed by atoms with Crippen molar-refractivity contribution in [1.29, 1.82) is 0 Å². The quantitative estimate of drug-likeness (QED) is 0.866. The van der Waals surface area contributed by atoms with E-state index < -0.39 is 6.10 Å². The lowest BCUT2D eigenvalue weighted by Crippen LogP contribution is -2.54. The number of morpholine rings is 1. The van der Waals surface area contributed by atoms with Crippen molar-refractivity contribution >= 4 is 6.03 Å². The molecular formula is C18H27FN2O3. The Morgan fingerprint density at radius 2 is 2.29 bits per heavy atom. The Labute approximate surface area is 142 Å². The second-order valence-electron chi connectivity index (χ2n) is 7.06. The number of amides is 2. The second kappa shape index (κ2) is 7.94. The number of halogens is 1. The summed E-state index contributed by atoms with van der Waals surface area (Å²) < 4.78 is 18.8. The highest BCUT2D eigenvalue weighted by Crippen LogP contribution is 2.23. The molecule has 2 N–H and O–H groups in total. The third-order valence-electron chi connectivity index (χ3n) is 4.39. The minimum Gasteiger partial charge on any atom is -0.393 e. The molecular weight excluding hydrogens is 311 g/mol. The van der Waals surface area contributed by atoms with Gasteiger partial charge < -0.3 is 20.1 Å². The van der Waals surface area contributed by atoms with Crippen LogP contribution in [0.3, 0.4) is 0 Å². The molecule has 1 aliphatic rings. The Hall–Kier alpha value is -1.66. The zero-order valence-electron chi connectivity index (χ0n) is 14.6. The summed E-state index contributed by atoms with van der Waals surface area (Å²) in [6, 6.07) is 6.14. The average molecular weight is 338 g/mol. The minimum atomic E-state index is -0.490. The lowest BCUT2D eigenvalue weighted by Gasteiger charge is -2.37. The fourth-order valence-corrected chi connectivity index (χ4v) is 2.92. The molecule has 2 amide bonds. The molecule has 1 aliphatic heterocycles. The first-order valence-corrected chi connectivity index (χ1v) is 8.36. The molecule has 2 atom stereocenters. The number of ether oxygens (including phenoxy) is 1. The Morgan fingerprint density at radius 3 is 2.96 bits per heavy atom. The van der Waals surface area contributed by atoms with Gasteiger partial charge in [-0.1, -0.05) is 26.0 Å². The van der Waals surface area contributed by atoms with Crippen LogP contribution in [0.15, 0.2) is 24.3 Å². The van der Waals surface area contributed by atoms with Gasteiger partial charge in [0.25, 0.3) is 0 Å². The Morgan fingerprint density at radius 1 is 1.54 bits per heavy atom. The van der Waals surface area contributed by atoms with Crippen molar-refractivity contribution in [2.75, 3.05) is 26.3 Å². The van der Waals surface area contributed by atoms with Crippen molar-refractivity contribution in [1.82, 2.24) is 10.2 Å². The van der Waals surface area contributed by atoms with Crippen molar-refractivity contribution in [3.05, 3.63) is 35.6 Å². The molecule has 2 unspecified atom stereocenters. The van der Waals surface area contributed by atoms with E-state index in [9.17, 15) is 14.3 Å². The number of benzene rings is 1. The predicted octanol–water partition coefficient (Wildman–Crippen LogP) is 2.28. The van der Waals surface area contributed by atoms with Gasteiger partial charge in [0.15, 0.2) is 0 Å². The molecule has 5 nitrogen and oxygen atoms in total. The molecule has 1 heterocycles. The summed E-state index contributed by atoms with van der Waals surface area (Å²) in [6.45, 7) is 7.47. The molecule has 2 rings (SSSR count). The molecule has 24 heavy (non-hydrogen) atoms. The molecule has 0 spiro atoms. The predicted molar refractivity (Wildman–Crippen MR) is 90.4 cm³/mol. The Bertz CT molecular complexity index is 563. The third-order valence-corrected chi connectivity index (χ3v) is 4.39. The standard InChI is InChI=1S/C18H27FN2O3/c1-13(22)9-16-11-24-8-7-21(16)17(23)20-12-18(2,3)14-5-4-6-15(19)10-14/h4-6,10,13,16,22H,7-9,11-12H2,1-3H3,(H,20,23). The van der Waals surface area contributed by atoms with Gasteiger partial charge in [-0.05, 0) is 31.0 Å². The zero-order chi connectivity index (χ0) is 17.7. The number of nitrogens with zero attached hydrogens (tertiary/aromatic N) is 1. The van der Waals surface area contributed by atoms with E-state index in [1.54, 1.807) is 17.9 Å². The topological polar surface area (TPSA) is 61.8 Å². The molecule has 1 saturated heterocycles. The molecule has 0 aromatic heterocycles. The first kappa shape index (κ1) is 18.7. The maximum atomic E-state index is 13.4. The van der Waals surface area contributed by atoms with E-state index in [-0.39, 0.29) is 23.3 Å². The Balaban J connectivity index is 1.98. The SMILES string of the molecule is CC(O)CC1COCCN1C(=O)NCC(C)(C)c1cccc(F)c1. The number of urea groups is 1. The van der Waals surface area contributed by atoms with Crippen LogP contribution in [-0.2, 0) is 10.2 Å². The van der Waals surface area contributed by atoms with E-state index in [0.29, 0.717) is 32.7 Å². The third kappa shape index (κ3) is 4.92. The number of aliphatic hydroxyl groups excluding tert-OH is 1. The molecule has 6 heteroatoms. The molecule has 0 bridgehead atoms. The van der Waals surface area contributed by atoms with Gasteiger partial charge >= 0.3 is 6.03 Å². The van der Waals surface area contributed by atoms with Gasteiger partial charge in [0.2, 0.25) is 0 Å². The van der Waals surface area contributed by atoms with Gasteiger partial charge in [-0.3, -0.25) is 0 Å². The summed E-state index contributed by atoms with van der Waals surface area (Å²) in [5, 5.41) is 12.5. The highest BCUT2D eigenvalue weighted by molar-refractivity contribution is 5.74. The monoisotopic (exact) mass is 338 g/mol. The van der Waals surface area contributed by atoms with Gasteiger partial charge in [0.1, 0.15) is 5.82 Å². The Kier molecular flexibility index (Phi) is 6.18. The van der Waals surface area contributed by atoms with Crippen LogP contribution < -0.4 is 5.32 Å². The molecule has 1 aromatic rings. The van der Waals surface area contributed by atoms with Crippen LogP contribution >= 0.6 is 0 Å². The van der Waals surface area contributed by atoms with E-state index in [0.717, 1.165) is 5.56 Å². The summed E-state index contributed by atoms with van der Waals surface area (Å²) in [7, 11) is 0. The maximum absolute atomic E-state index is 13.4. The summed E-state index contributed by atoms with van der Waals surface area (Å²) >= 11 is 0. The van der Waals surface area contributed by atoms with E-state index in [4.69, 9.17) is 4.74 Å². The number of hydrogen-bond donors (Lipinski definition) is 2. The molecule has 1 fully saturated rings. The molecule has 134 valence electrons. The summed E-state index contributed by atoms with van der Waals surface area (Å²) in [5.41, 5.74) is 0.453. The highest BCUT2D eigenvalue weighted by atomic mass is 19.1. The fourth-order valence-electron chi connectivity index (χ4n) is 2.92.